The van der Waals surface area contributed by atoms with Crippen LogP contribution in [0.3, 0.4) is 0 Å². The van der Waals surface area contributed by atoms with E-state index in [1.807, 2.05) is 12.1 Å². The van der Waals surface area contributed by atoms with Gasteiger partial charge >= 0.3 is 0 Å². The molecule has 6 rings (SSSR count). The Hall–Kier alpha value is -1.86. The molecule has 3 aromatic rings. The fourth-order valence-corrected chi connectivity index (χ4v) is 5.08. The SMILES string of the molecule is Fc1cc(Br)cc2c1C1Cc3cc(Br)ccc3N1C(c1cnc(C3CC3)o1)O2. The topological polar surface area (TPSA) is 38.5 Å². The Bertz CT molecular complexity index is 1110. The van der Waals surface area contributed by atoms with Gasteiger partial charge in [0.1, 0.15) is 11.6 Å². The molecule has 0 N–H and O–H groups in total. The maximum absolute atomic E-state index is 14.9. The van der Waals surface area contributed by atoms with Gasteiger partial charge in [-0.2, -0.15) is 0 Å². The third kappa shape index (κ3) is 2.55. The third-order valence-electron chi connectivity index (χ3n) is 5.66. The molecular formula is C21H15Br2FN2O2. The number of halogens is 3. The van der Waals surface area contributed by atoms with E-state index in [0.29, 0.717) is 33.9 Å². The van der Waals surface area contributed by atoms with Crippen molar-refractivity contribution in [1.82, 2.24) is 4.98 Å². The van der Waals surface area contributed by atoms with E-state index in [4.69, 9.17) is 9.15 Å². The molecule has 1 aliphatic carbocycles. The molecule has 1 aromatic heterocycles. The Kier molecular flexibility index (Phi) is 3.69. The molecule has 7 heteroatoms. The summed E-state index contributed by atoms with van der Waals surface area (Å²) in [6.07, 6.45) is 4.23. The van der Waals surface area contributed by atoms with Crippen LogP contribution < -0.4 is 9.64 Å². The van der Waals surface area contributed by atoms with Crippen molar-refractivity contribution in [3.05, 3.63) is 74.1 Å². The first-order valence-electron chi connectivity index (χ1n) is 9.26. The largest absolute Gasteiger partial charge is 0.462 e. The highest BCUT2D eigenvalue weighted by atomic mass is 79.9. The molecule has 2 aliphatic heterocycles. The minimum Gasteiger partial charge on any atom is -0.462 e. The van der Waals surface area contributed by atoms with Crippen molar-refractivity contribution in [1.29, 1.82) is 0 Å². The van der Waals surface area contributed by atoms with Crippen molar-refractivity contribution in [2.45, 2.75) is 37.5 Å². The number of benzene rings is 2. The van der Waals surface area contributed by atoms with E-state index in [-0.39, 0.29) is 11.9 Å². The molecule has 0 amide bonds. The summed E-state index contributed by atoms with van der Waals surface area (Å²) in [5, 5.41) is 0. The molecule has 0 spiro atoms. The van der Waals surface area contributed by atoms with Crippen molar-refractivity contribution >= 4 is 37.5 Å². The summed E-state index contributed by atoms with van der Waals surface area (Å²) in [5.41, 5.74) is 2.79. The first kappa shape index (κ1) is 17.0. The maximum Gasteiger partial charge on any atom is 0.233 e. The molecule has 2 aromatic carbocycles. The Morgan fingerprint density at radius 3 is 2.79 bits per heavy atom. The lowest BCUT2D eigenvalue weighted by Gasteiger charge is -2.39. The van der Waals surface area contributed by atoms with Crippen LogP contribution in [0, 0.1) is 5.82 Å². The number of aromatic nitrogens is 1. The molecule has 0 bridgehead atoms. The van der Waals surface area contributed by atoms with Crippen LogP contribution in [-0.2, 0) is 6.42 Å². The number of hydrogen-bond acceptors (Lipinski definition) is 4. The summed E-state index contributed by atoms with van der Waals surface area (Å²) < 4.78 is 29.0. The molecule has 1 fully saturated rings. The van der Waals surface area contributed by atoms with Gasteiger partial charge < -0.3 is 14.1 Å². The second kappa shape index (κ2) is 6.07. The summed E-state index contributed by atoms with van der Waals surface area (Å²) in [5.74, 6) is 2.15. The Labute approximate surface area is 178 Å². The van der Waals surface area contributed by atoms with Crippen LogP contribution in [0.25, 0.3) is 0 Å². The smallest absolute Gasteiger partial charge is 0.233 e. The van der Waals surface area contributed by atoms with Gasteiger partial charge in [-0.15, -0.1) is 0 Å². The molecule has 4 nitrogen and oxygen atoms in total. The lowest BCUT2D eigenvalue weighted by Crippen LogP contribution is -2.38. The van der Waals surface area contributed by atoms with E-state index in [0.717, 1.165) is 34.5 Å². The Morgan fingerprint density at radius 2 is 1.96 bits per heavy atom. The van der Waals surface area contributed by atoms with Crippen LogP contribution in [0.15, 0.2) is 49.9 Å². The summed E-state index contributed by atoms with van der Waals surface area (Å²) in [7, 11) is 0. The number of hydrogen-bond donors (Lipinski definition) is 0. The first-order chi connectivity index (χ1) is 13.6. The molecule has 2 atom stereocenters. The normalized spacial score (nSPS) is 22.5. The van der Waals surface area contributed by atoms with Gasteiger partial charge in [-0.25, -0.2) is 9.37 Å². The van der Waals surface area contributed by atoms with Gasteiger partial charge in [-0.1, -0.05) is 31.9 Å². The van der Waals surface area contributed by atoms with Crippen LogP contribution in [0.5, 0.6) is 5.75 Å². The van der Waals surface area contributed by atoms with Crippen LogP contribution >= 0.6 is 31.9 Å². The summed E-state index contributed by atoms with van der Waals surface area (Å²) in [6, 6.07) is 9.33. The molecular weight excluding hydrogens is 491 g/mol. The Morgan fingerprint density at radius 1 is 1.11 bits per heavy atom. The Balaban J connectivity index is 1.52. The molecule has 3 aliphatic rings. The summed E-state index contributed by atoms with van der Waals surface area (Å²) >= 11 is 6.93. The van der Waals surface area contributed by atoms with E-state index < -0.39 is 6.23 Å². The van der Waals surface area contributed by atoms with Gasteiger partial charge in [0, 0.05) is 20.6 Å². The average Bonchev–Trinajstić information content (AvgIpc) is 3.26. The van der Waals surface area contributed by atoms with E-state index in [1.54, 1.807) is 6.20 Å². The maximum atomic E-state index is 14.9. The molecule has 0 radical (unpaired) electrons. The molecule has 142 valence electrons. The first-order valence-corrected chi connectivity index (χ1v) is 10.8. The zero-order valence-electron chi connectivity index (χ0n) is 14.7. The quantitative estimate of drug-likeness (QED) is 0.403. The highest BCUT2D eigenvalue weighted by Crippen LogP contribution is 2.53. The fraction of sp³-hybridized carbons (Fsp3) is 0.286. The third-order valence-corrected chi connectivity index (χ3v) is 6.61. The van der Waals surface area contributed by atoms with Crippen molar-refractivity contribution in [2.75, 3.05) is 4.90 Å². The van der Waals surface area contributed by atoms with Gasteiger partial charge in [0.25, 0.3) is 0 Å². The van der Waals surface area contributed by atoms with E-state index in [1.165, 1.54) is 6.07 Å². The molecule has 28 heavy (non-hydrogen) atoms. The standard InChI is InChI=1S/C21H15Br2FN2O2/c22-12-3-4-15-11(5-12)6-16-19-14(24)7-13(23)8-17(19)28-21(26(15)16)18-9-25-20(27-18)10-1-2-10/h3-5,7-10,16,21H,1-2,6H2. The van der Waals surface area contributed by atoms with E-state index in [2.05, 4.69) is 53.9 Å². The zero-order valence-corrected chi connectivity index (χ0v) is 17.8. The zero-order chi connectivity index (χ0) is 19.0. The number of anilines is 1. The predicted octanol–water partition coefficient (Wildman–Crippen LogP) is 6.41. The number of oxazole rings is 1. The monoisotopic (exact) mass is 504 g/mol. The van der Waals surface area contributed by atoms with Crippen LogP contribution in [0.1, 0.15) is 53.8 Å². The van der Waals surface area contributed by atoms with Crippen molar-refractivity contribution in [3.63, 3.8) is 0 Å². The van der Waals surface area contributed by atoms with Crippen LogP contribution in [-0.4, -0.2) is 4.98 Å². The van der Waals surface area contributed by atoms with Crippen molar-refractivity contribution in [3.8, 4) is 5.75 Å². The highest BCUT2D eigenvalue weighted by molar-refractivity contribution is 9.10. The summed E-state index contributed by atoms with van der Waals surface area (Å²) in [4.78, 5) is 6.59. The van der Waals surface area contributed by atoms with Gasteiger partial charge in [0.2, 0.25) is 6.23 Å². The second-order valence-electron chi connectivity index (χ2n) is 7.55. The minimum absolute atomic E-state index is 0.152. The number of nitrogens with zero attached hydrogens (tertiary/aromatic N) is 2. The predicted molar refractivity (Wildman–Crippen MR) is 109 cm³/mol. The van der Waals surface area contributed by atoms with E-state index in [9.17, 15) is 4.39 Å². The number of rotatable bonds is 2. The lowest BCUT2D eigenvalue weighted by atomic mass is 9.99. The lowest BCUT2D eigenvalue weighted by molar-refractivity contribution is 0.138. The van der Waals surface area contributed by atoms with Gasteiger partial charge in [0.05, 0.1) is 17.8 Å². The number of ether oxygens (including phenoxy) is 1. The molecule has 3 heterocycles. The van der Waals surface area contributed by atoms with Crippen molar-refractivity contribution in [2.24, 2.45) is 0 Å². The van der Waals surface area contributed by atoms with Crippen molar-refractivity contribution < 1.29 is 13.5 Å². The average molecular weight is 506 g/mol. The molecule has 1 saturated carbocycles. The van der Waals surface area contributed by atoms with Gasteiger partial charge in [-0.05, 0) is 55.2 Å². The summed E-state index contributed by atoms with van der Waals surface area (Å²) in [6.45, 7) is 0. The molecule has 2 unspecified atom stereocenters. The fourth-order valence-electron chi connectivity index (χ4n) is 4.26. The van der Waals surface area contributed by atoms with Gasteiger partial charge in [0.15, 0.2) is 11.7 Å². The van der Waals surface area contributed by atoms with Crippen LogP contribution in [0.2, 0.25) is 0 Å². The van der Waals surface area contributed by atoms with E-state index >= 15 is 0 Å². The van der Waals surface area contributed by atoms with Crippen LogP contribution in [0.4, 0.5) is 10.1 Å². The number of fused-ring (bicyclic) bond motifs is 5. The highest BCUT2D eigenvalue weighted by Gasteiger charge is 2.45. The molecule has 0 saturated heterocycles. The van der Waals surface area contributed by atoms with Gasteiger partial charge in [-0.3, -0.25) is 0 Å². The minimum atomic E-state index is -0.478. The second-order valence-corrected chi connectivity index (χ2v) is 9.38.